The van der Waals surface area contributed by atoms with Gasteiger partial charge in [-0.3, -0.25) is 9.69 Å². The fraction of sp³-hybridized carbons (Fsp3) is 0.471. The number of likely N-dealkylation sites (N-methyl/N-ethyl adjacent to an activating group) is 1. The number of para-hydroxylation sites is 1. The molecule has 0 saturated carbocycles. The largest absolute Gasteiger partial charge is 0.459 e. The van der Waals surface area contributed by atoms with Crippen LogP contribution in [0.3, 0.4) is 0 Å². The summed E-state index contributed by atoms with van der Waals surface area (Å²) in [5.74, 6) is 1.03. The van der Waals surface area contributed by atoms with E-state index in [0.717, 1.165) is 16.7 Å². The lowest BCUT2D eigenvalue weighted by atomic mass is 10.2. The third-order valence-electron chi connectivity index (χ3n) is 4.27. The predicted octanol–water partition coefficient (Wildman–Crippen LogP) is 2.28. The van der Waals surface area contributed by atoms with Crippen LogP contribution in [0.2, 0.25) is 0 Å². The minimum Gasteiger partial charge on any atom is -0.459 e. The number of morpholine rings is 1. The highest BCUT2D eigenvalue weighted by Gasteiger charge is 2.22. The van der Waals surface area contributed by atoms with Crippen LogP contribution in [0.15, 0.2) is 34.7 Å². The molecule has 22 heavy (non-hydrogen) atoms. The highest BCUT2D eigenvalue weighted by molar-refractivity contribution is 5.79. The molecule has 1 aliphatic rings. The third-order valence-corrected chi connectivity index (χ3v) is 4.27. The molecule has 3 rings (SSSR count). The van der Waals surface area contributed by atoms with E-state index in [1.807, 2.05) is 41.1 Å². The number of hydrogen-bond acceptors (Lipinski definition) is 4. The highest BCUT2D eigenvalue weighted by Crippen LogP contribution is 2.26. The molecule has 5 heteroatoms. The number of nitrogens with zero attached hydrogens (tertiary/aromatic N) is 2. The summed E-state index contributed by atoms with van der Waals surface area (Å²) in [6, 6.07) is 10.1. The van der Waals surface area contributed by atoms with E-state index in [1.165, 1.54) is 0 Å². The van der Waals surface area contributed by atoms with Crippen molar-refractivity contribution in [1.29, 1.82) is 0 Å². The van der Waals surface area contributed by atoms with Gasteiger partial charge in [0.25, 0.3) is 0 Å². The molecule has 1 atom stereocenters. The Morgan fingerprint density at radius 2 is 2.05 bits per heavy atom. The Balaban J connectivity index is 1.65. The normalized spacial score (nSPS) is 17.1. The minimum atomic E-state index is 0.0531. The first-order chi connectivity index (χ1) is 10.6. The maximum atomic E-state index is 12.3. The van der Waals surface area contributed by atoms with Crippen LogP contribution in [0.25, 0.3) is 11.0 Å². The van der Waals surface area contributed by atoms with E-state index in [9.17, 15) is 4.79 Å². The Kier molecular flexibility index (Phi) is 4.45. The van der Waals surface area contributed by atoms with Crippen LogP contribution in [0, 0.1) is 0 Å². The molecule has 1 saturated heterocycles. The van der Waals surface area contributed by atoms with E-state index in [4.69, 9.17) is 9.15 Å². The number of furan rings is 1. The number of hydrogen-bond donors (Lipinski definition) is 0. The van der Waals surface area contributed by atoms with Gasteiger partial charge in [0, 0.05) is 18.5 Å². The second-order valence-corrected chi connectivity index (χ2v) is 5.77. The second-order valence-electron chi connectivity index (χ2n) is 5.77. The van der Waals surface area contributed by atoms with Crippen LogP contribution in [0.1, 0.15) is 18.7 Å². The fourth-order valence-corrected chi connectivity index (χ4v) is 2.69. The van der Waals surface area contributed by atoms with Gasteiger partial charge in [-0.15, -0.1) is 0 Å². The van der Waals surface area contributed by atoms with E-state index in [-0.39, 0.29) is 11.9 Å². The number of amides is 1. The zero-order chi connectivity index (χ0) is 15.5. The zero-order valence-electron chi connectivity index (χ0n) is 13.1. The Labute approximate surface area is 130 Å². The van der Waals surface area contributed by atoms with Crippen molar-refractivity contribution >= 4 is 16.9 Å². The first-order valence-corrected chi connectivity index (χ1v) is 7.69. The van der Waals surface area contributed by atoms with Gasteiger partial charge in [-0.05, 0) is 26.1 Å². The van der Waals surface area contributed by atoms with E-state index < -0.39 is 0 Å². The lowest BCUT2D eigenvalue weighted by Crippen LogP contribution is -2.45. The minimum absolute atomic E-state index is 0.0531. The number of ether oxygens (including phenoxy) is 1. The van der Waals surface area contributed by atoms with Gasteiger partial charge in [0.1, 0.15) is 11.3 Å². The summed E-state index contributed by atoms with van der Waals surface area (Å²) in [7, 11) is 1.95. The summed E-state index contributed by atoms with van der Waals surface area (Å²) in [6.45, 7) is 5.09. The second kappa shape index (κ2) is 6.50. The van der Waals surface area contributed by atoms with Gasteiger partial charge >= 0.3 is 0 Å². The maximum absolute atomic E-state index is 12.3. The monoisotopic (exact) mass is 302 g/mol. The molecule has 1 aromatic heterocycles. The Morgan fingerprint density at radius 1 is 1.32 bits per heavy atom. The van der Waals surface area contributed by atoms with E-state index >= 15 is 0 Å². The topological polar surface area (TPSA) is 45.9 Å². The highest BCUT2D eigenvalue weighted by atomic mass is 16.5. The molecule has 2 heterocycles. The quantitative estimate of drug-likeness (QED) is 0.869. The van der Waals surface area contributed by atoms with Crippen LogP contribution < -0.4 is 0 Å². The molecule has 1 fully saturated rings. The van der Waals surface area contributed by atoms with E-state index in [1.54, 1.807) is 0 Å². The third kappa shape index (κ3) is 3.15. The van der Waals surface area contributed by atoms with Crippen molar-refractivity contribution in [2.75, 3.05) is 39.9 Å². The number of carbonyl (C=O) groups excluding carboxylic acids is 1. The van der Waals surface area contributed by atoms with Gasteiger partial charge in [0.05, 0.1) is 25.8 Å². The number of fused-ring (bicyclic) bond motifs is 1. The van der Waals surface area contributed by atoms with Crippen LogP contribution in [-0.4, -0.2) is 55.6 Å². The lowest BCUT2D eigenvalue weighted by molar-refractivity contribution is -0.136. The van der Waals surface area contributed by atoms with Crippen molar-refractivity contribution in [2.45, 2.75) is 13.0 Å². The molecule has 118 valence electrons. The van der Waals surface area contributed by atoms with Gasteiger partial charge in [-0.1, -0.05) is 18.2 Å². The van der Waals surface area contributed by atoms with Gasteiger partial charge in [-0.25, -0.2) is 0 Å². The number of carbonyl (C=O) groups is 1. The summed E-state index contributed by atoms with van der Waals surface area (Å²) in [5, 5.41) is 1.09. The molecular weight excluding hydrogens is 280 g/mol. The van der Waals surface area contributed by atoms with Gasteiger partial charge in [0.15, 0.2) is 0 Å². The molecule has 0 N–H and O–H groups in total. The lowest BCUT2D eigenvalue weighted by Gasteiger charge is -2.30. The molecule has 1 amide bonds. The number of benzene rings is 1. The molecule has 0 radical (unpaired) electrons. The van der Waals surface area contributed by atoms with E-state index in [2.05, 4.69) is 13.0 Å². The van der Waals surface area contributed by atoms with Crippen molar-refractivity contribution in [2.24, 2.45) is 0 Å². The predicted molar refractivity (Wildman–Crippen MR) is 84.7 cm³/mol. The van der Waals surface area contributed by atoms with Crippen molar-refractivity contribution in [1.82, 2.24) is 9.80 Å². The maximum Gasteiger partial charge on any atom is 0.236 e. The Hall–Kier alpha value is -1.85. The van der Waals surface area contributed by atoms with Gasteiger partial charge in [0.2, 0.25) is 5.91 Å². The molecule has 1 aliphatic heterocycles. The van der Waals surface area contributed by atoms with Crippen LogP contribution in [0.5, 0.6) is 0 Å². The number of rotatable bonds is 4. The molecule has 2 aromatic rings. The summed E-state index contributed by atoms with van der Waals surface area (Å²) in [5.41, 5.74) is 0.886. The van der Waals surface area contributed by atoms with Crippen molar-refractivity contribution in [3.8, 4) is 0 Å². The molecule has 5 nitrogen and oxygen atoms in total. The molecule has 0 unspecified atom stereocenters. The van der Waals surface area contributed by atoms with Crippen LogP contribution >= 0.6 is 0 Å². The molecule has 0 aliphatic carbocycles. The SMILES string of the molecule is C[C@@H](c1cc2ccccc2o1)N(C)CC(=O)N1CCOCC1. The molecule has 1 aromatic carbocycles. The van der Waals surface area contributed by atoms with Crippen molar-refractivity contribution < 1.29 is 13.9 Å². The smallest absolute Gasteiger partial charge is 0.236 e. The average molecular weight is 302 g/mol. The first-order valence-electron chi connectivity index (χ1n) is 7.69. The average Bonchev–Trinajstić information content (AvgIpc) is 2.98. The van der Waals surface area contributed by atoms with Crippen molar-refractivity contribution in [3.63, 3.8) is 0 Å². The Bertz CT molecular complexity index is 613. The fourth-order valence-electron chi connectivity index (χ4n) is 2.69. The Morgan fingerprint density at radius 3 is 2.77 bits per heavy atom. The standard InChI is InChI=1S/C17H22N2O3/c1-13(16-11-14-5-3-4-6-15(14)22-16)18(2)12-17(20)19-7-9-21-10-8-19/h3-6,11,13H,7-10,12H2,1-2H3/t13-/m0/s1. The summed E-state index contributed by atoms with van der Waals surface area (Å²) in [6.07, 6.45) is 0. The zero-order valence-corrected chi connectivity index (χ0v) is 13.1. The van der Waals surface area contributed by atoms with Gasteiger partial charge in [-0.2, -0.15) is 0 Å². The molecule has 0 bridgehead atoms. The van der Waals surface area contributed by atoms with E-state index in [0.29, 0.717) is 32.8 Å². The summed E-state index contributed by atoms with van der Waals surface area (Å²) >= 11 is 0. The first kappa shape index (κ1) is 15.1. The molecule has 0 spiro atoms. The van der Waals surface area contributed by atoms with Crippen LogP contribution in [0.4, 0.5) is 0 Å². The van der Waals surface area contributed by atoms with Crippen molar-refractivity contribution in [3.05, 3.63) is 36.1 Å². The molecular formula is C17H22N2O3. The van der Waals surface area contributed by atoms with Gasteiger partial charge < -0.3 is 14.1 Å². The summed E-state index contributed by atoms with van der Waals surface area (Å²) < 4.78 is 11.2. The summed E-state index contributed by atoms with van der Waals surface area (Å²) in [4.78, 5) is 16.2. The van der Waals surface area contributed by atoms with Crippen LogP contribution in [-0.2, 0) is 9.53 Å².